The van der Waals surface area contributed by atoms with Crippen LogP contribution in [0.25, 0.3) is 0 Å². The lowest BCUT2D eigenvalue weighted by Gasteiger charge is -2.16. The first-order valence-corrected chi connectivity index (χ1v) is 17.6. The van der Waals surface area contributed by atoms with Gasteiger partial charge in [-0.15, -0.1) is 145 Å². The molecule has 0 aromatic carbocycles. The minimum atomic E-state index is -0.0756. The molecule has 0 aliphatic carbocycles. The van der Waals surface area contributed by atoms with E-state index in [-0.39, 0.29) is 6.04 Å². The van der Waals surface area contributed by atoms with Crippen LogP contribution in [0, 0.1) is 0 Å². The van der Waals surface area contributed by atoms with E-state index < -0.39 is 0 Å². The van der Waals surface area contributed by atoms with Gasteiger partial charge in [0.1, 0.15) is 5.78 Å². The molecule has 0 rings (SSSR count). The molecule has 0 aromatic heterocycles. The van der Waals surface area contributed by atoms with E-state index in [0.717, 1.165) is 32.2 Å². The first-order valence-electron chi connectivity index (χ1n) is 17.6. The molecular weight excluding hydrogens is 611 g/mol. The summed E-state index contributed by atoms with van der Waals surface area (Å²) in [6.07, 6.45) is 23.7. The molecule has 298 valence electrons. The third-order valence-corrected chi connectivity index (χ3v) is 5.30. The molecule has 0 aliphatic rings. The van der Waals surface area contributed by atoms with Crippen molar-refractivity contribution in [2.24, 2.45) is 11.5 Å². The van der Waals surface area contributed by atoms with E-state index in [1.165, 1.54) is 70.6 Å². The molecule has 5 N–H and O–H groups in total. The monoisotopic (exact) mass is 704 g/mol. The van der Waals surface area contributed by atoms with Gasteiger partial charge in [0.05, 0.1) is 6.04 Å². The van der Waals surface area contributed by atoms with Crippen LogP contribution in [0.2, 0.25) is 0 Å². The Bertz CT molecular complexity index is 472. The fourth-order valence-corrected chi connectivity index (χ4v) is 3.47. The Balaban J connectivity index is -0.0000000553. The van der Waals surface area contributed by atoms with Crippen molar-refractivity contribution in [2.45, 2.75) is 116 Å². The highest BCUT2D eigenvalue weighted by Gasteiger charge is 2.15. The van der Waals surface area contributed by atoms with E-state index in [0.29, 0.717) is 25.3 Å². The summed E-state index contributed by atoms with van der Waals surface area (Å²) >= 11 is 0. The summed E-state index contributed by atoms with van der Waals surface area (Å²) in [5, 5.41) is 3.31. The summed E-state index contributed by atoms with van der Waals surface area (Å²) in [7, 11) is 0. The second-order valence-electron chi connectivity index (χ2n) is 8.03. The lowest BCUT2D eigenvalue weighted by molar-refractivity contribution is -0.121. The van der Waals surface area contributed by atoms with Crippen LogP contribution in [0.1, 0.15) is 110 Å². The van der Waals surface area contributed by atoms with Gasteiger partial charge in [-0.05, 0) is 64.6 Å². The number of unbranched alkanes of at least 4 members (excludes halogenated alkanes) is 11. The van der Waals surface area contributed by atoms with E-state index in [2.05, 4.69) is 169 Å². The molecule has 4 nitrogen and oxygen atoms in total. The predicted molar refractivity (Wildman–Crippen MR) is 247 cm³/mol. The summed E-state index contributed by atoms with van der Waals surface area (Å²) < 4.78 is 0. The van der Waals surface area contributed by atoms with Gasteiger partial charge in [-0.25, -0.2) is 0 Å². The molecular formula is C46H93N3O. The quantitative estimate of drug-likeness (QED) is 0.0774. The Morgan fingerprint density at radius 2 is 0.800 bits per heavy atom. The molecule has 0 saturated heterocycles. The number of carbonyl (C=O) groups excluding carboxylic acids is 1. The van der Waals surface area contributed by atoms with Crippen LogP contribution < -0.4 is 16.8 Å². The number of hydrogen-bond acceptors (Lipinski definition) is 4. The lowest BCUT2D eigenvalue weighted by Crippen LogP contribution is -2.39. The third-order valence-electron chi connectivity index (χ3n) is 5.30. The van der Waals surface area contributed by atoms with E-state index >= 15 is 0 Å². The molecule has 1 unspecified atom stereocenters. The molecule has 4 heteroatoms. The molecule has 0 saturated carbocycles. The highest BCUT2D eigenvalue weighted by atomic mass is 16.1. The standard InChI is InChI=1S/C24H49N3O.11C2H4/c1-2-3-4-5-6-7-8-9-10-11-12-13-14-15-16-18-24(28)23(19-21-26)27-22-17-20-25;11*1-2/h9-10,23,27H,2-8,11-22,25-26H2,1H3;11*1-2H2. The van der Waals surface area contributed by atoms with Crippen LogP contribution in [0.5, 0.6) is 0 Å². The number of ketones is 1. The SMILES string of the molecule is C=C.C=C.C=C.C=C.C=C.C=C.C=C.C=C.C=C.C=C.C=C.CCCCCCCCC=CCCCCCCCC(=O)C(CCN)NCCCN. The normalized spacial score (nSPS) is 7.98. The molecule has 0 aromatic rings. The van der Waals surface area contributed by atoms with E-state index in [4.69, 9.17) is 11.5 Å². The van der Waals surface area contributed by atoms with Gasteiger partial charge in [0.15, 0.2) is 0 Å². The average Bonchev–Trinajstić information content (AvgIpc) is 3.24. The number of nitrogens with two attached hydrogens (primary N) is 2. The first kappa shape index (κ1) is 80.8. The van der Waals surface area contributed by atoms with Gasteiger partial charge < -0.3 is 16.8 Å². The number of rotatable bonds is 22. The second kappa shape index (κ2) is 150. The molecule has 0 spiro atoms. The van der Waals surface area contributed by atoms with Gasteiger partial charge in [-0.3, -0.25) is 4.79 Å². The number of hydrogen-bond donors (Lipinski definition) is 3. The van der Waals surface area contributed by atoms with Gasteiger partial charge in [0, 0.05) is 6.42 Å². The smallest absolute Gasteiger partial charge is 0.149 e. The Morgan fingerprint density at radius 3 is 1.12 bits per heavy atom. The van der Waals surface area contributed by atoms with Crippen molar-refractivity contribution >= 4 is 5.78 Å². The number of Topliss-reactive ketones (excluding diaryl/α,β-unsaturated/α-hetero) is 1. The van der Waals surface area contributed by atoms with Crippen molar-refractivity contribution in [2.75, 3.05) is 19.6 Å². The molecule has 1 atom stereocenters. The molecule has 0 radical (unpaired) electrons. The number of carbonyl (C=O) groups is 1. The zero-order chi connectivity index (χ0) is 42.7. The van der Waals surface area contributed by atoms with Crippen molar-refractivity contribution in [1.82, 2.24) is 5.32 Å². The molecule has 0 bridgehead atoms. The van der Waals surface area contributed by atoms with Crippen LogP contribution in [-0.4, -0.2) is 31.5 Å². The zero-order valence-corrected chi connectivity index (χ0v) is 34.3. The van der Waals surface area contributed by atoms with Crippen molar-refractivity contribution < 1.29 is 4.79 Å². The van der Waals surface area contributed by atoms with Crippen LogP contribution in [0.3, 0.4) is 0 Å². The topological polar surface area (TPSA) is 81.1 Å². The fourth-order valence-electron chi connectivity index (χ4n) is 3.47. The summed E-state index contributed by atoms with van der Waals surface area (Å²) in [5.74, 6) is 0.320. The third kappa shape index (κ3) is 130. The summed E-state index contributed by atoms with van der Waals surface area (Å²) in [6, 6.07) is -0.0756. The van der Waals surface area contributed by atoms with Crippen LogP contribution in [0.15, 0.2) is 157 Å². The fraction of sp³-hybridized carbons (Fsp3) is 0.457. The van der Waals surface area contributed by atoms with Crippen LogP contribution in [0.4, 0.5) is 0 Å². The average molecular weight is 704 g/mol. The number of nitrogens with one attached hydrogen (secondary N) is 1. The highest BCUT2D eigenvalue weighted by molar-refractivity contribution is 5.83. The summed E-state index contributed by atoms with van der Waals surface area (Å²) in [4.78, 5) is 12.3. The molecule has 0 aliphatic heterocycles. The predicted octanol–water partition coefficient (Wildman–Crippen LogP) is 14.1. The van der Waals surface area contributed by atoms with E-state index in [1.807, 2.05) is 0 Å². The Labute approximate surface area is 318 Å². The highest BCUT2D eigenvalue weighted by Crippen LogP contribution is 2.11. The summed E-state index contributed by atoms with van der Waals surface area (Å²) in [5.41, 5.74) is 11.1. The van der Waals surface area contributed by atoms with Crippen molar-refractivity contribution in [3.63, 3.8) is 0 Å². The van der Waals surface area contributed by atoms with Crippen LogP contribution >= 0.6 is 0 Å². The van der Waals surface area contributed by atoms with Crippen molar-refractivity contribution in [3.8, 4) is 0 Å². The second-order valence-corrected chi connectivity index (χ2v) is 8.03. The molecule has 50 heavy (non-hydrogen) atoms. The molecule has 0 fully saturated rings. The first-order chi connectivity index (χ1) is 24.8. The lowest BCUT2D eigenvalue weighted by atomic mass is 10.0. The maximum Gasteiger partial charge on any atom is 0.149 e. The van der Waals surface area contributed by atoms with Gasteiger partial charge >= 0.3 is 0 Å². The van der Waals surface area contributed by atoms with Gasteiger partial charge in [0.25, 0.3) is 0 Å². The summed E-state index contributed by atoms with van der Waals surface area (Å²) in [6.45, 7) is 70.3. The van der Waals surface area contributed by atoms with Gasteiger partial charge in [-0.1, -0.05) is 70.4 Å². The Hall–Kier alpha value is -3.57. The molecule has 0 amide bonds. The van der Waals surface area contributed by atoms with Gasteiger partial charge in [0.2, 0.25) is 0 Å². The van der Waals surface area contributed by atoms with Crippen molar-refractivity contribution in [3.05, 3.63) is 157 Å². The zero-order valence-electron chi connectivity index (χ0n) is 34.3. The molecule has 0 heterocycles. The minimum absolute atomic E-state index is 0.0756. The Morgan fingerprint density at radius 1 is 0.480 bits per heavy atom. The Kier molecular flexibility index (Phi) is 243. The van der Waals surface area contributed by atoms with Gasteiger partial charge in [-0.2, -0.15) is 0 Å². The minimum Gasteiger partial charge on any atom is -0.330 e. The van der Waals surface area contributed by atoms with Crippen molar-refractivity contribution in [1.29, 1.82) is 0 Å². The maximum absolute atomic E-state index is 12.3. The van der Waals surface area contributed by atoms with Crippen LogP contribution in [-0.2, 0) is 4.79 Å². The van der Waals surface area contributed by atoms with E-state index in [1.54, 1.807) is 0 Å². The van der Waals surface area contributed by atoms with E-state index in [9.17, 15) is 4.79 Å². The largest absolute Gasteiger partial charge is 0.330 e. The maximum atomic E-state index is 12.3. The number of allylic oxidation sites excluding steroid dienone is 2.